The Labute approximate surface area is 161 Å². The molecule has 1 unspecified atom stereocenters. The SMILES string of the molecule is CC(OCc1ccccc1)C(=O)Nc1ccc(CCN2CCOCC2)cc1. The normalized spacial score (nSPS) is 16.0. The highest BCUT2D eigenvalue weighted by molar-refractivity contribution is 5.93. The zero-order valence-electron chi connectivity index (χ0n) is 15.9. The van der Waals surface area contributed by atoms with Gasteiger partial charge in [0.2, 0.25) is 0 Å². The lowest BCUT2D eigenvalue weighted by Crippen LogP contribution is -2.37. The van der Waals surface area contributed by atoms with Crippen molar-refractivity contribution in [1.29, 1.82) is 0 Å². The van der Waals surface area contributed by atoms with Crippen LogP contribution in [0.3, 0.4) is 0 Å². The van der Waals surface area contributed by atoms with Gasteiger partial charge in [-0.2, -0.15) is 0 Å². The zero-order valence-corrected chi connectivity index (χ0v) is 15.9. The number of hydrogen-bond acceptors (Lipinski definition) is 4. The van der Waals surface area contributed by atoms with Gasteiger partial charge in [0.25, 0.3) is 5.91 Å². The quantitative estimate of drug-likeness (QED) is 0.778. The minimum absolute atomic E-state index is 0.132. The molecule has 1 amide bonds. The van der Waals surface area contributed by atoms with Gasteiger partial charge in [-0.3, -0.25) is 9.69 Å². The highest BCUT2D eigenvalue weighted by Gasteiger charge is 2.14. The van der Waals surface area contributed by atoms with Gasteiger partial charge in [0.05, 0.1) is 19.8 Å². The second-order valence-corrected chi connectivity index (χ2v) is 6.83. The van der Waals surface area contributed by atoms with Gasteiger partial charge >= 0.3 is 0 Å². The van der Waals surface area contributed by atoms with Crippen LogP contribution >= 0.6 is 0 Å². The molecule has 1 aliphatic heterocycles. The molecule has 1 heterocycles. The molecule has 0 spiro atoms. The molecule has 144 valence electrons. The molecule has 5 heteroatoms. The molecule has 1 fully saturated rings. The topological polar surface area (TPSA) is 50.8 Å². The van der Waals surface area contributed by atoms with E-state index in [2.05, 4.69) is 22.3 Å². The van der Waals surface area contributed by atoms with Gasteiger partial charge in [0.1, 0.15) is 6.10 Å². The van der Waals surface area contributed by atoms with Crippen molar-refractivity contribution in [2.24, 2.45) is 0 Å². The average Bonchev–Trinajstić information content (AvgIpc) is 2.73. The van der Waals surface area contributed by atoms with Gasteiger partial charge < -0.3 is 14.8 Å². The van der Waals surface area contributed by atoms with E-state index < -0.39 is 6.10 Å². The summed E-state index contributed by atoms with van der Waals surface area (Å²) in [5, 5.41) is 2.92. The van der Waals surface area contributed by atoms with Crippen molar-refractivity contribution in [2.45, 2.75) is 26.1 Å². The maximum Gasteiger partial charge on any atom is 0.253 e. The van der Waals surface area contributed by atoms with Crippen LogP contribution in [-0.4, -0.2) is 49.8 Å². The number of nitrogens with zero attached hydrogens (tertiary/aromatic N) is 1. The molecule has 0 aromatic heterocycles. The maximum absolute atomic E-state index is 12.3. The number of benzene rings is 2. The summed E-state index contributed by atoms with van der Waals surface area (Å²) in [7, 11) is 0. The Bertz CT molecular complexity index is 697. The minimum atomic E-state index is -0.508. The number of carbonyl (C=O) groups is 1. The Morgan fingerprint density at radius 3 is 2.48 bits per heavy atom. The first kappa shape index (κ1) is 19.5. The van der Waals surface area contributed by atoms with Crippen molar-refractivity contribution in [1.82, 2.24) is 4.90 Å². The van der Waals surface area contributed by atoms with Crippen LogP contribution in [0.1, 0.15) is 18.1 Å². The van der Waals surface area contributed by atoms with Crippen molar-refractivity contribution in [3.8, 4) is 0 Å². The lowest BCUT2D eigenvalue weighted by Gasteiger charge is -2.26. The van der Waals surface area contributed by atoms with Gasteiger partial charge in [-0.05, 0) is 36.6 Å². The van der Waals surface area contributed by atoms with Crippen LogP contribution in [0.2, 0.25) is 0 Å². The third kappa shape index (κ3) is 6.47. The first-order valence-corrected chi connectivity index (χ1v) is 9.56. The molecule has 1 aliphatic rings. The van der Waals surface area contributed by atoms with Crippen molar-refractivity contribution in [3.05, 3.63) is 65.7 Å². The Kier molecular flexibility index (Phi) is 7.39. The summed E-state index contributed by atoms with van der Waals surface area (Å²) in [5.41, 5.74) is 3.12. The van der Waals surface area contributed by atoms with E-state index in [4.69, 9.17) is 9.47 Å². The van der Waals surface area contributed by atoms with E-state index >= 15 is 0 Å². The van der Waals surface area contributed by atoms with E-state index in [1.807, 2.05) is 42.5 Å². The number of ether oxygens (including phenoxy) is 2. The Morgan fingerprint density at radius 2 is 1.78 bits per heavy atom. The van der Waals surface area contributed by atoms with Crippen LogP contribution in [0.15, 0.2) is 54.6 Å². The fourth-order valence-electron chi connectivity index (χ4n) is 2.98. The number of hydrogen-bond donors (Lipinski definition) is 1. The van der Waals surface area contributed by atoms with Crippen LogP contribution in [0.4, 0.5) is 5.69 Å². The molecule has 1 N–H and O–H groups in total. The third-order valence-corrected chi connectivity index (χ3v) is 4.75. The molecule has 0 bridgehead atoms. The second kappa shape index (κ2) is 10.2. The van der Waals surface area contributed by atoms with E-state index in [1.54, 1.807) is 6.92 Å². The first-order valence-electron chi connectivity index (χ1n) is 9.56. The highest BCUT2D eigenvalue weighted by atomic mass is 16.5. The third-order valence-electron chi connectivity index (χ3n) is 4.75. The van der Waals surface area contributed by atoms with Crippen molar-refractivity contribution in [2.75, 3.05) is 38.2 Å². The second-order valence-electron chi connectivity index (χ2n) is 6.83. The van der Waals surface area contributed by atoms with Crippen molar-refractivity contribution < 1.29 is 14.3 Å². The lowest BCUT2D eigenvalue weighted by molar-refractivity contribution is -0.127. The Balaban J connectivity index is 1.42. The monoisotopic (exact) mass is 368 g/mol. The maximum atomic E-state index is 12.3. The number of anilines is 1. The fraction of sp³-hybridized carbons (Fsp3) is 0.409. The molecule has 2 aromatic carbocycles. The Morgan fingerprint density at radius 1 is 1.07 bits per heavy atom. The number of morpholine rings is 1. The molecule has 27 heavy (non-hydrogen) atoms. The predicted octanol–water partition coefficient (Wildman–Crippen LogP) is 3.11. The fourth-order valence-corrected chi connectivity index (χ4v) is 2.98. The van der Waals surface area contributed by atoms with Crippen LogP contribution in [0, 0.1) is 0 Å². The summed E-state index contributed by atoms with van der Waals surface area (Å²) in [6.45, 7) is 6.92. The molecule has 2 aromatic rings. The smallest absolute Gasteiger partial charge is 0.253 e. The van der Waals surface area contributed by atoms with Gasteiger partial charge in [0, 0.05) is 25.3 Å². The van der Waals surface area contributed by atoms with Crippen LogP contribution < -0.4 is 5.32 Å². The Hall–Kier alpha value is -2.21. The molecule has 0 aliphatic carbocycles. The summed E-state index contributed by atoms with van der Waals surface area (Å²) in [6, 6.07) is 17.9. The van der Waals surface area contributed by atoms with Gasteiger partial charge in [-0.25, -0.2) is 0 Å². The standard InChI is InChI=1S/C22H28N2O3/c1-18(27-17-20-5-3-2-4-6-20)22(25)23-21-9-7-19(8-10-21)11-12-24-13-15-26-16-14-24/h2-10,18H,11-17H2,1H3,(H,23,25). The molecule has 5 nitrogen and oxygen atoms in total. The summed E-state index contributed by atoms with van der Waals surface area (Å²) < 4.78 is 11.0. The van der Waals surface area contributed by atoms with Gasteiger partial charge in [0.15, 0.2) is 0 Å². The van der Waals surface area contributed by atoms with E-state index in [0.29, 0.717) is 6.61 Å². The summed E-state index contributed by atoms with van der Waals surface area (Å²) in [6.07, 6.45) is 0.497. The summed E-state index contributed by atoms with van der Waals surface area (Å²) in [5.74, 6) is -0.132. The molecule has 0 saturated carbocycles. The van der Waals surface area contributed by atoms with Crippen molar-refractivity contribution >= 4 is 11.6 Å². The van der Waals surface area contributed by atoms with Gasteiger partial charge in [-0.1, -0.05) is 42.5 Å². The van der Waals surface area contributed by atoms with Crippen LogP contribution in [0.5, 0.6) is 0 Å². The van der Waals surface area contributed by atoms with Crippen molar-refractivity contribution in [3.63, 3.8) is 0 Å². The summed E-state index contributed by atoms with van der Waals surface area (Å²) >= 11 is 0. The lowest BCUT2D eigenvalue weighted by atomic mass is 10.1. The van der Waals surface area contributed by atoms with Gasteiger partial charge in [-0.15, -0.1) is 0 Å². The van der Waals surface area contributed by atoms with E-state index in [9.17, 15) is 4.79 Å². The predicted molar refractivity (Wildman–Crippen MR) is 107 cm³/mol. The molecule has 3 rings (SSSR count). The number of nitrogens with one attached hydrogen (secondary N) is 1. The summed E-state index contributed by atoms with van der Waals surface area (Å²) in [4.78, 5) is 14.7. The highest BCUT2D eigenvalue weighted by Crippen LogP contribution is 2.12. The minimum Gasteiger partial charge on any atom is -0.379 e. The molecular formula is C22H28N2O3. The molecule has 1 atom stereocenters. The van der Waals surface area contributed by atoms with E-state index in [-0.39, 0.29) is 5.91 Å². The largest absolute Gasteiger partial charge is 0.379 e. The average molecular weight is 368 g/mol. The van der Waals surface area contributed by atoms with E-state index in [1.165, 1.54) is 5.56 Å². The van der Waals surface area contributed by atoms with Crippen LogP contribution in [0.25, 0.3) is 0 Å². The molecule has 0 radical (unpaired) electrons. The van der Waals surface area contributed by atoms with Crippen LogP contribution in [-0.2, 0) is 27.3 Å². The molecular weight excluding hydrogens is 340 g/mol. The number of rotatable bonds is 8. The number of amides is 1. The number of carbonyl (C=O) groups excluding carboxylic acids is 1. The first-order chi connectivity index (χ1) is 13.2. The van der Waals surface area contributed by atoms with E-state index in [0.717, 1.165) is 50.5 Å². The zero-order chi connectivity index (χ0) is 18.9. The molecule has 1 saturated heterocycles.